The lowest BCUT2D eigenvalue weighted by molar-refractivity contribution is 0.443. The van der Waals surface area contributed by atoms with Crippen LogP contribution in [0.3, 0.4) is 0 Å². The van der Waals surface area contributed by atoms with Crippen LogP contribution in [0.15, 0.2) is 127 Å². The van der Waals surface area contributed by atoms with Crippen LogP contribution in [0.2, 0.25) is 0 Å². The summed E-state index contributed by atoms with van der Waals surface area (Å²) < 4.78 is 0. The van der Waals surface area contributed by atoms with Crippen LogP contribution < -0.4 is 4.90 Å². The molecule has 0 radical (unpaired) electrons. The minimum atomic E-state index is -0.0539. The second kappa shape index (κ2) is 14.9. The molecule has 0 aromatic heterocycles. The molecule has 0 spiro atoms. The van der Waals surface area contributed by atoms with E-state index < -0.39 is 0 Å². The van der Waals surface area contributed by atoms with Crippen molar-refractivity contribution in [3.63, 3.8) is 0 Å². The minimum absolute atomic E-state index is 0.0539. The first-order chi connectivity index (χ1) is 27.5. The van der Waals surface area contributed by atoms with Crippen molar-refractivity contribution in [2.45, 2.75) is 121 Å². The smallest absolute Gasteiger partial charge is 0.0465 e. The van der Waals surface area contributed by atoms with Gasteiger partial charge in [-0.25, -0.2) is 0 Å². The van der Waals surface area contributed by atoms with Gasteiger partial charge in [0.25, 0.3) is 0 Å². The van der Waals surface area contributed by atoms with Crippen molar-refractivity contribution in [3.05, 3.63) is 161 Å². The Morgan fingerprint density at radius 1 is 0.429 bits per heavy atom. The third kappa shape index (κ3) is 6.52. The van der Waals surface area contributed by atoms with Crippen LogP contribution in [-0.4, -0.2) is 0 Å². The average Bonchev–Trinajstić information content (AvgIpc) is 3.49. The van der Waals surface area contributed by atoms with Gasteiger partial charge in [0.05, 0.1) is 0 Å². The molecule has 4 aliphatic carbocycles. The molecular formula is C55H57N. The van der Waals surface area contributed by atoms with E-state index in [1.54, 1.807) is 11.1 Å². The minimum Gasteiger partial charge on any atom is -0.310 e. The average molecular weight is 732 g/mol. The molecule has 0 saturated heterocycles. The van der Waals surface area contributed by atoms with E-state index in [1.807, 2.05) is 0 Å². The van der Waals surface area contributed by atoms with Crippen LogP contribution in [0, 0.1) is 0 Å². The summed E-state index contributed by atoms with van der Waals surface area (Å²) in [6.45, 7) is 4.79. The SMILES string of the molecule is CC1(C)c2ccccc2-c2ccc(N(c3ccc(-c4cc(-c5ccc(C6CCCCC6)cc5)cc5c4CCCC5)cc3)c3cccc(C4CCCCC4)c3)cc21. The standard InChI is InChI=1S/C55H57N/c1-55(2)53-23-12-11-22-50(53)51-33-32-48(37-54(51)55)56(47-20-13-19-43(35-47)39-16-7-4-8-17-39)46-30-28-42(29-31-46)52-36-45(34-44-18-9-10-21-49(44)52)41-26-24-40(25-27-41)38-14-5-3-6-15-38/h11-13,19-20,22-39H,3-10,14-18,21H2,1-2H3. The predicted molar refractivity (Wildman–Crippen MR) is 238 cm³/mol. The van der Waals surface area contributed by atoms with E-state index in [4.69, 9.17) is 0 Å². The van der Waals surface area contributed by atoms with Gasteiger partial charge in [-0.3, -0.25) is 0 Å². The second-order valence-electron chi connectivity index (χ2n) is 18.0. The molecule has 282 valence electrons. The quantitative estimate of drug-likeness (QED) is 0.158. The molecule has 6 aromatic rings. The van der Waals surface area contributed by atoms with Crippen LogP contribution in [0.1, 0.15) is 136 Å². The molecule has 10 rings (SSSR count). The summed E-state index contributed by atoms with van der Waals surface area (Å²) in [6.07, 6.45) is 18.4. The Morgan fingerprint density at radius 2 is 1.07 bits per heavy atom. The third-order valence-electron chi connectivity index (χ3n) is 14.3. The van der Waals surface area contributed by atoms with Crippen molar-refractivity contribution in [2.24, 2.45) is 0 Å². The topological polar surface area (TPSA) is 3.24 Å². The summed E-state index contributed by atoms with van der Waals surface area (Å²) in [6, 6.07) is 50.0. The van der Waals surface area contributed by atoms with Crippen molar-refractivity contribution >= 4 is 17.1 Å². The monoisotopic (exact) mass is 731 g/mol. The molecule has 56 heavy (non-hydrogen) atoms. The maximum atomic E-state index is 2.52. The first kappa shape index (κ1) is 35.5. The number of nitrogens with zero attached hydrogens (tertiary/aromatic N) is 1. The van der Waals surface area contributed by atoms with Gasteiger partial charge in [0.2, 0.25) is 0 Å². The summed E-state index contributed by atoms with van der Waals surface area (Å²) in [7, 11) is 0. The van der Waals surface area contributed by atoms with Gasteiger partial charge in [0.15, 0.2) is 0 Å². The Labute approximate surface area is 335 Å². The highest BCUT2D eigenvalue weighted by atomic mass is 15.1. The first-order valence-corrected chi connectivity index (χ1v) is 22.0. The zero-order valence-electron chi connectivity index (χ0n) is 33.6. The number of anilines is 3. The highest BCUT2D eigenvalue weighted by Crippen LogP contribution is 2.51. The third-order valence-corrected chi connectivity index (χ3v) is 14.3. The predicted octanol–water partition coefficient (Wildman–Crippen LogP) is 15.8. The van der Waals surface area contributed by atoms with Crippen molar-refractivity contribution in [3.8, 4) is 33.4 Å². The van der Waals surface area contributed by atoms with E-state index in [0.29, 0.717) is 5.92 Å². The van der Waals surface area contributed by atoms with Crippen molar-refractivity contribution < 1.29 is 0 Å². The van der Waals surface area contributed by atoms with Crippen LogP contribution in [0.5, 0.6) is 0 Å². The Kier molecular flexibility index (Phi) is 9.45. The Morgan fingerprint density at radius 3 is 1.84 bits per heavy atom. The number of aryl methyl sites for hydroxylation is 1. The fraction of sp³-hybridized carbons (Fsp3) is 0.345. The lowest BCUT2D eigenvalue weighted by Crippen LogP contribution is -2.16. The van der Waals surface area contributed by atoms with Crippen LogP contribution in [0.25, 0.3) is 33.4 Å². The maximum absolute atomic E-state index is 2.52. The van der Waals surface area contributed by atoms with Gasteiger partial charge in [0.1, 0.15) is 0 Å². The van der Waals surface area contributed by atoms with Gasteiger partial charge in [-0.05, 0) is 172 Å². The molecular weight excluding hydrogens is 675 g/mol. The molecule has 0 N–H and O–H groups in total. The van der Waals surface area contributed by atoms with E-state index in [0.717, 1.165) is 5.92 Å². The second-order valence-corrected chi connectivity index (χ2v) is 18.0. The lowest BCUT2D eigenvalue weighted by atomic mass is 9.82. The summed E-state index contributed by atoms with van der Waals surface area (Å²) in [4.78, 5) is 2.52. The number of benzene rings is 6. The number of hydrogen-bond acceptors (Lipinski definition) is 1. The Hall–Kier alpha value is -4.88. The molecule has 4 aliphatic rings. The molecule has 0 atom stereocenters. The van der Waals surface area contributed by atoms with Crippen molar-refractivity contribution in [1.29, 1.82) is 0 Å². The Balaban J connectivity index is 1.04. The van der Waals surface area contributed by atoms with Gasteiger partial charge >= 0.3 is 0 Å². The van der Waals surface area contributed by atoms with E-state index in [-0.39, 0.29) is 5.41 Å². The highest BCUT2D eigenvalue weighted by molar-refractivity contribution is 5.86. The van der Waals surface area contributed by atoms with E-state index in [1.165, 1.54) is 163 Å². The molecule has 1 heteroatoms. The number of fused-ring (bicyclic) bond motifs is 4. The molecule has 0 aliphatic heterocycles. The van der Waals surface area contributed by atoms with E-state index >= 15 is 0 Å². The number of hydrogen-bond donors (Lipinski definition) is 0. The molecule has 2 fully saturated rings. The molecule has 1 nitrogen and oxygen atoms in total. The summed E-state index contributed by atoms with van der Waals surface area (Å²) in [5.41, 5.74) is 20.8. The van der Waals surface area contributed by atoms with Crippen molar-refractivity contribution in [1.82, 2.24) is 0 Å². The zero-order chi connectivity index (χ0) is 37.6. The largest absolute Gasteiger partial charge is 0.310 e. The maximum Gasteiger partial charge on any atom is 0.0465 e. The van der Waals surface area contributed by atoms with Gasteiger partial charge in [0, 0.05) is 22.5 Å². The zero-order valence-corrected chi connectivity index (χ0v) is 33.6. The molecule has 6 aromatic carbocycles. The van der Waals surface area contributed by atoms with E-state index in [9.17, 15) is 0 Å². The lowest BCUT2D eigenvalue weighted by Gasteiger charge is -2.30. The fourth-order valence-electron chi connectivity index (χ4n) is 11.1. The van der Waals surface area contributed by atoms with Crippen LogP contribution >= 0.6 is 0 Å². The van der Waals surface area contributed by atoms with Gasteiger partial charge in [-0.2, -0.15) is 0 Å². The first-order valence-electron chi connectivity index (χ1n) is 22.0. The molecule has 0 heterocycles. The van der Waals surface area contributed by atoms with Gasteiger partial charge in [-0.1, -0.05) is 137 Å². The van der Waals surface area contributed by atoms with Crippen LogP contribution in [-0.2, 0) is 18.3 Å². The van der Waals surface area contributed by atoms with Gasteiger partial charge < -0.3 is 4.90 Å². The van der Waals surface area contributed by atoms with Crippen LogP contribution in [0.4, 0.5) is 17.1 Å². The summed E-state index contributed by atoms with van der Waals surface area (Å²) in [5.74, 6) is 1.40. The molecule has 0 unspecified atom stereocenters. The van der Waals surface area contributed by atoms with Crippen molar-refractivity contribution in [2.75, 3.05) is 4.90 Å². The molecule has 0 bridgehead atoms. The summed E-state index contributed by atoms with van der Waals surface area (Å²) in [5, 5.41) is 0. The Bertz CT molecular complexity index is 2350. The number of rotatable bonds is 7. The van der Waals surface area contributed by atoms with Gasteiger partial charge in [-0.15, -0.1) is 0 Å². The molecule has 2 saturated carbocycles. The summed E-state index contributed by atoms with van der Waals surface area (Å²) >= 11 is 0. The highest BCUT2D eigenvalue weighted by Gasteiger charge is 2.36. The van der Waals surface area contributed by atoms with E-state index in [2.05, 4.69) is 146 Å². The molecule has 0 amide bonds. The fourth-order valence-corrected chi connectivity index (χ4v) is 11.1. The normalized spacial score (nSPS) is 17.9.